The zero-order valence-corrected chi connectivity index (χ0v) is 11.7. The molecule has 0 heterocycles. The molecule has 0 unspecified atom stereocenters. The third kappa shape index (κ3) is 5.62. The summed E-state index contributed by atoms with van der Waals surface area (Å²) in [4.78, 5) is 24.3. The Balaban J connectivity index is 2.62. The van der Waals surface area contributed by atoms with Gasteiger partial charge in [-0.05, 0) is 30.7 Å². The van der Waals surface area contributed by atoms with Gasteiger partial charge in [0.2, 0.25) is 0 Å². The molecule has 3 N–H and O–H groups in total. The first kappa shape index (κ1) is 16.6. The van der Waals surface area contributed by atoms with Crippen molar-refractivity contribution in [3.63, 3.8) is 0 Å². The quantitative estimate of drug-likeness (QED) is 0.869. The molecule has 21 heavy (non-hydrogen) atoms. The Kier molecular flexibility index (Phi) is 6.90. The second-order valence-electron chi connectivity index (χ2n) is 3.98. The lowest BCUT2D eigenvalue weighted by molar-refractivity contribution is 0.116. The highest BCUT2D eigenvalue weighted by molar-refractivity contribution is 5.91. The number of halogens is 1. The Bertz CT molecular complexity index is 520. The van der Waals surface area contributed by atoms with Crippen LogP contribution in [0.1, 0.15) is 12.5 Å². The molecule has 0 spiro atoms. The monoisotopic (exact) mass is 295 g/mol. The minimum Gasteiger partial charge on any atom is -0.449 e. The van der Waals surface area contributed by atoms with E-state index in [0.29, 0.717) is 5.56 Å². The third-order valence-corrected chi connectivity index (χ3v) is 2.42. The van der Waals surface area contributed by atoms with Gasteiger partial charge in [-0.3, -0.25) is 0 Å². The molecule has 0 aliphatic heterocycles. The summed E-state index contributed by atoms with van der Waals surface area (Å²) in [6, 6.07) is 5.20. The summed E-state index contributed by atoms with van der Waals surface area (Å²) in [5.41, 5.74) is 5.93. The fourth-order valence-electron chi connectivity index (χ4n) is 1.50. The predicted molar refractivity (Wildman–Crippen MR) is 76.7 cm³/mol. The standard InChI is InChI=1S/C14H18FN3O3/c1-2-21-14(20)18(9-7-16)13(19)17-8-6-11-4-3-5-12(15)10-11/h3-6,8,10H,2,7,9,16H2,1H3,(H,17,19)/b8-6+. The van der Waals surface area contributed by atoms with Crippen LogP contribution in [-0.4, -0.2) is 36.7 Å². The second-order valence-corrected chi connectivity index (χ2v) is 3.98. The number of imide groups is 1. The van der Waals surface area contributed by atoms with Gasteiger partial charge in [0.1, 0.15) is 5.82 Å². The van der Waals surface area contributed by atoms with Crippen molar-refractivity contribution in [1.29, 1.82) is 0 Å². The van der Waals surface area contributed by atoms with Gasteiger partial charge >= 0.3 is 12.1 Å². The van der Waals surface area contributed by atoms with Crippen molar-refractivity contribution in [2.45, 2.75) is 6.92 Å². The molecule has 1 rings (SSSR count). The molecule has 0 aromatic heterocycles. The normalized spacial score (nSPS) is 10.4. The number of ether oxygens (including phenoxy) is 1. The van der Waals surface area contributed by atoms with Crippen molar-refractivity contribution in [2.75, 3.05) is 19.7 Å². The van der Waals surface area contributed by atoms with Gasteiger partial charge in [0, 0.05) is 19.3 Å². The SMILES string of the molecule is CCOC(=O)N(CCN)C(=O)N/C=C/c1cccc(F)c1. The van der Waals surface area contributed by atoms with Crippen LogP contribution in [0.5, 0.6) is 0 Å². The average molecular weight is 295 g/mol. The predicted octanol–water partition coefficient (Wildman–Crippen LogP) is 1.92. The zero-order valence-electron chi connectivity index (χ0n) is 11.7. The molecule has 114 valence electrons. The van der Waals surface area contributed by atoms with E-state index >= 15 is 0 Å². The van der Waals surface area contributed by atoms with Crippen LogP contribution in [0, 0.1) is 5.82 Å². The molecule has 0 radical (unpaired) electrons. The number of hydrogen-bond donors (Lipinski definition) is 2. The van der Waals surface area contributed by atoms with Crippen molar-refractivity contribution < 1.29 is 18.7 Å². The molecular formula is C14H18FN3O3. The first-order chi connectivity index (χ1) is 10.1. The van der Waals surface area contributed by atoms with Crippen molar-refractivity contribution in [3.05, 3.63) is 41.8 Å². The van der Waals surface area contributed by atoms with Gasteiger partial charge in [-0.2, -0.15) is 0 Å². The van der Waals surface area contributed by atoms with Crippen molar-refractivity contribution in [2.24, 2.45) is 5.73 Å². The number of rotatable bonds is 5. The number of hydrogen-bond acceptors (Lipinski definition) is 4. The molecule has 0 atom stereocenters. The van der Waals surface area contributed by atoms with E-state index in [1.165, 1.54) is 24.4 Å². The average Bonchev–Trinajstić information content (AvgIpc) is 2.45. The third-order valence-electron chi connectivity index (χ3n) is 2.42. The van der Waals surface area contributed by atoms with Gasteiger partial charge in [0.05, 0.1) is 6.61 Å². The molecule has 0 saturated heterocycles. The second kappa shape index (κ2) is 8.70. The Hall–Kier alpha value is -2.41. The van der Waals surface area contributed by atoms with Crippen molar-refractivity contribution in [1.82, 2.24) is 10.2 Å². The van der Waals surface area contributed by atoms with Crippen LogP contribution in [0.3, 0.4) is 0 Å². The van der Waals surface area contributed by atoms with Crippen molar-refractivity contribution in [3.8, 4) is 0 Å². The Morgan fingerprint density at radius 3 is 2.86 bits per heavy atom. The van der Waals surface area contributed by atoms with E-state index in [4.69, 9.17) is 10.5 Å². The zero-order chi connectivity index (χ0) is 15.7. The van der Waals surface area contributed by atoms with E-state index in [1.807, 2.05) is 0 Å². The van der Waals surface area contributed by atoms with Crippen LogP contribution in [-0.2, 0) is 4.74 Å². The lowest BCUT2D eigenvalue weighted by atomic mass is 10.2. The summed E-state index contributed by atoms with van der Waals surface area (Å²) in [6.45, 7) is 1.96. The van der Waals surface area contributed by atoms with E-state index < -0.39 is 12.1 Å². The summed E-state index contributed by atoms with van der Waals surface area (Å²) in [6.07, 6.45) is 2.06. The van der Waals surface area contributed by atoms with Gasteiger partial charge < -0.3 is 15.8 Å². The van der Waals surface area contributed by atoms with Gasteiger partial charge in [-0.25, -0.2) is 18.9 Å². The lowest BCUT2D eigenvalue weighted by Crippen LogP contribution is -2.44. The Morgan fingerprint density at radius 1 is 1.48 bits per heavy atom. The number of amides is 3. The first-order valence-corrected chi connectivity index (χ1v) is 6.45. The van der Waals surface area contributed by atoms with Crippen LogP contribution >= 0.6 is 0 Å². The van der Waals surface area contributed by atoms with Gasteiger partial charge in [-0.1, -0.05) is 12.1 Å². The van der Waals surface area contributed by atoms with Crippen molar-refractivity contribution >= 4 is 18.2 Å². The molecule has 0 aliphatic rings. The summed E-state index contributed by atoms with van der Waals surface area (Å²) < 4.78 is 17.7. The molecular weight excluding hydrogens is 277 g/mol. The minimum atomic E-state index is -0.764. The molecule has 3 amide bonds. The van der Waals surface area contributed by atoms with Crippen LogP contribution in [0.25, 0.3) is 6.08 Å². The highest BCUT2D eigenvalue weighted by Crippen LogP contribution is 2.04. The van der Waals surface area contributed by atoms with Crippen LogP contribution in [0.4, 0.5) is 14.0 Å². The number of nitrogens with zero attached hydrogens (tertiary/aromatic N) is 1. The number of carbonyl (C=O) groups excluding carboxylic acids is 2. The highest BCUT2D eigenvalue weighted by Gasteiger charge is 2.20. The summed E-state index contributed by atoms with van der Waals surface area (Å²) in [7, 11) is 0. The van der Waals surface area contributed by atoms with E-state index in [2.05, 4.69) is 5.32 Å². The summed E-state index contributed by atoms with van der Waals surface area (Å²) >= 11 is 0. The Labute approximate surface area is 122 Å². The van der Waals surface area contributed by atoms with Crippen LogP contribution in [0.2, 0.25) is 0 Å². The maximum absolute atomic E-state index is 13.0. The van der Waals surface area contributed by atoms with E-state index in [1.54, 1.807) is 19.1 Å². The molecule has 0 saturated carbocycles. The van der Waals surface area contributed by atoms with Gasteiger partial charge in [0.25, 0.3) is 0 Å². The number of nitrogens with two attached hydrogens (primary N) is 1. The summed E-state index contributed by atoms with van der Waals surface area (Å²) in [5.74, 6) is -0.375. The lowest BCUT2D eigenvalue weighted by Gasteiger charge is -2.18. The van der Waals surface area contributed by atoms with Gasteiger partial charge in [-0.15, -0.1) is 0 Å². The molecule has 1 aromatic rings. The number of nitrogens with one attached hydrogen (secondary N) is 1. The fourth-order valence-corrected chi connectivity index (χ4v) is 1.50. The molecule has 1 aromatic carbocycles. The minimum absolute atomic E-state index is 0.0402. The van der Waals surface area contributed by atoms with Crippen LogP contribution in [0.15, 0.2) is 30.5 Å². The molecule has 6 nitrogen and oxygen atoms in total. The number of carbonyl (C=O) groups is 2. The topological polar surface area (TPSA) is 84.7 Å². The molecule has 7 heteroatoms. The molecule has 0 bridgehead atoms. The molecule has 0 aliphatic carbocycles. The largest absolute Gasteiger partial charge is 0.449 e. The van der Waals surface area contributed by atoms with Gasteiger partial charge in [0.15, 0.2) is 0 Å². The maximum Gasteiger partial charge on any atom is 0.418 e. The maximum atomic E-state index is 13.0. The fraction of sp³-hybridized carbons (Fsp3) is 0.286. The molecule has 0 fully saturated rings. The van der Waals surface area contributed by atoms with Crippen LogP contribution < -0.4 is 11.1 Å². The van der Waals surface area contributed by atoms with E-state index in [9.17, 15) is 14.0 Å². The Morgan fingerprint density at radius 2 is 2.24 bits per heavy atom. The number of urea groups is 1. The van der Waals surface area contributed by atoms with E-state index in [0.717, 1.165) is 4.90 Å². The van der Waals surface area contributed by atoms with E-state index in [-0.39, 0.29) is 25.5 Å². The highest BCUT2D eigenvalue weighted by atomic mass is 19.1. The first-order valence-electron chi connectivity index (χ1n) is 6.45. The summed E-state index contributed by atoms with van der Waals surface area (Å²) in [5, 5.41) is 2.40. The smallest absolute Gasteiger partial charge is 0.418 e. The number of benzene rings is 1.